The number of carbonyl (C=O) groups excluding carboxylic acids is 10. The lowest BCUT2D eigenvalue weighted by atomic mass is 10.4. The van der Waals surface area contributed by atoms with Gasteiger partial charge in [0.25, 0.3) is 0 Å². The number of hydrogen-bond acceptors (Lipinski definition) is 35. The van der Waals surface area contributed by atoms with Gasteiger partial charge in [0, 0.05) is 116 Å². The number of hydrogen-bond donors (Lipinski definition) is 0. The molecule has 0 aliphatic carbocycles. The Balaban J connectivity index is 1.98. The first-order valence-corrected chi connectivity index (χ1v) is 57.0. The molecule has 0 aromatic heterocycles. The van der Waals surface area contributed by atoms with E-state index in [0.29, 0.717) is 0 Å². The van der Waals surface area contributed by atoms with Gasteiger partial charge in [0.15, 0.2) is 0 Å². The summed E-state index contributed by atoms with van der Waals surface area (Å²) >= 11 is 0. The smallest absolute Gasteiger partial charge is 0.462 e. The van der Waals surface area contributed by atoms with Crippen LogP contribution in [0.1, 0.15) is 133 Å². The largest absolute Gasteiger partial charge is 0.479 e. The maximum Gasteiger partial charge on any atom is 0.479 e. The second-order valence-corrected chi connectivity index (χ2v) is 59.5. The summed E-state index contributed by atoms with van der Waals surface area (Å²) in [5.41, 5.74) is 0.343. The molecule has 0 N–H and O–H groups in total. The number of ether oxygens (including phenoxy) is 10. The van der Waals surface area contributed by atoms with Crippen LogP contribution in [0.2, 0.25) is 60.4 Å². The Hall–Kier alpha value is -6.33. The predicted octanol–water partition coefficient (Wildman–Crippen LogP) is 9.80. The van der Waals surface area contributed by atoms with Gasteiger partial charge in [-0.25, -0.2) is 47.9 Å². The summed E-state index contributed by atoms with van der Waals surface area (Å²) in [6.45, 7) is 48.1. The van der Waals surface area contributed by atoms with Crippen molar-refractivity contribution in [3.8, 4) is 0 Å². The third kappa shape index (κ3) is 29.0. The van der Waals surface area contributed by atoms with E-state index in [1.807, 2.05) is 0 Å². The van der Waals surface area contributed by atoms with Gasteiger partial charge in [0.1, 0.15) is 0 Å². The van der Waals surface area contributed by atoms with Crippen molar-refractivity contribution in [2.24, 2.45) is 0 Å². The maximum atomic E-state index is 13.5. The first-order chi connectivity index (χ1) is 53.9. The minimum atomic E-state index is -5.46. The van der Waals surface area contributed by atoms with Crippen molar-refractivity contribution >= 4 is 148 Å². The Bertz CT molecular complexity index is 2950. The van der Waals surface area contributed by atoms with Crippen LogP contribution in [0.4, 0.5) is 0 Å². The van der Waals surface area contributed by atoms with E-state index in [9.17, 15) is 47.9 Å². The fourth-order valence-electron chi connectivity index (χ4n) is 11.5. The number of rotatable bonds is 50. The van der Waals surface area contributed by atoms with Gasteiger partial charge in [-0.2, -0.15) is 0 Å². The highest BCUT2D eigenvalue weighted by molar-refractivity contribution is 7.04. The van der Waals surface area contributed by atoms with Crippen LogP contribution in [0.15, 0.2) is 122 Å². The quantitative estimate of drug-likeness (QED) is 0.0180. The summed E-state index contributed by atoms with van der Waals surface area (Å²) in [4.78, 5) is 135. The summed E-state index contributed by atoms with van der Waals surface area (Å²) in [6, 6.07) is -4.53. The Morgan fingerprint density at radius 3 is 0.296 bits per heavy atom. The van der Waals surface area contributed by atoms with Crippen LogP contribution in [0.5, 0.6) is 0 Å². The molecule has 35 nitrogen and oxygen atoms in total. The van der Waals surface area contributed by atoms with Gasteiger partial charge in [-0.1, -0.05) is 65.8 Å². The molecule has 5 saturated heterocycles. The number of fused-ring (bicyclic) bond motifs is 10. The van der Waals surface area contributed by atoms with Crippen molar-refractivity contribution in [2.45, 2.75) is 194 Å². The first-order valence-electron chi connectivity index (χ1n) is 37.7. The average Bonchev–Trinajstić information content (AvgIpc) is 0.686. The summed E-state index contributed by atoms with van der Waals surface area (Å²) in [5.74, 6) is -7.92. The molecule has 0 unspecified atom stereocenters. The van der Waals surface area contributed by atoms with Crippen LogP contribution in [0, 0.1) is 0 Å². The summed E-state index contributed by atoms with van der Waals surface area (Å²) < 4.78 is 179. The van der Waals surface area contributed by atoms with E-state index in [-0.39, 0.29) is 120 Å². The number of carbonyl (C=O) groups is 10. The van der Waals surface area contributed by atoms with Crippen molar-refractivity contribution in [1.29, 1.82) is 0 Å². The standard InChI is InChI=1S/C70H110O35Si10/c1-51(2)61(71)81-31-21-41-106-91-107(42-22-32-82-62(72)52(3)4)98-110(45-25-35-85-65(75)55(9)10)92-108(96-106,43-23-33-83-63(73)53(5)6)100-112(47-27-37-87-67(77)57(13)14)94-114(102-110,49-29-39-89-69(79)59(17)18)105-115(50-30-40-90-70(80)60(19)20)95-113(104-112,48-28-38-88-68(78)58(15)16)101-109(97-106,44-24-34-84-64(74)54(7)8)93-111(99-107,103-115)46-26-36-86-66(76)56(11)12/h1,3,5,7,9,11,13,15,17,19,21-50H2,2,4,6,8,10,12,14,16,18,20H3. The molecule has 10 bridgehead atoms. The number of esters is 10. The minimum Gasteiger partial charge on any atom is -0.462 e. The Morgan fingerprint density at radius 2 is 0.235 bits per heavy atom. The topological polar surface area (TPSA) is 401 Å². The molecule has 5 aliphatic heterocycles. The molecule has 0 amide bonds. The average molecular weight is 1790 g/mol. The third-order valence-corrected chi connectivity index (χ3v) is 63.7. The maximum absolute atomic E-state index is 13.5. The fourth-order valence-corrected chi connectivity index (χ4v) is 74.2. The molecule has 0 radical (unpaired) electrons. The van der Waals surface area contributed by atoms with Crippen molar-refractivity contribution in [3.05, 3.63) is 122 Å². The predicted molar refractivity (Wildman–Crippen MR) is 426 cm³/mol. The molecule has 5 aliphatic rings. The molecular formula is C70H110O35Si10. The highest BCUT2D eigenvalue weighted by atomic mass is 28.6. The zero-order valence-electron chi connectivity index (χ0n) is 67.6. The molecule has 115 heavy (non-hydrogen) atoms. The van der Waals surface area contributed by atoms with E-state index >= 15 is 0 Å². The molecule has 640 valence electrons. The fraction of sp³-hybridized carbons (Fsp3) is 0.571. The van der Waals surface area contributed by atoms with Gasteiger partial charge in [0.2, 0.25) is 0 Å². The molecule has 0 saturated carbocycles. The molecule has 45 heteroatoms. The van der Waals surface area contributed by atoms with Crippen LogP contribution in [0.25, 0.3) is 0 Å². The second kappa shape index (κ2) is 43.1. The lowest BCUT2D eigenvalue weighted by molar-refractivity contribution is -0.139. The summed E-state index contributed by atoms with van der Waals surface area (Å²) in [6.07, 6.45) is -2.26. The Morgan fingerprint density at radius 1 is 0.165 bits per heavy atom. The van der Waals surface area contributed by atoms with Gasteiger partial charge in [-0.15, -0.1) is 0 Å². The van der Waals surface area contributed by atoms with Crippen LogP contribution >= 0.6 is 0 Å². The van der Waals surface area contributed by atoms with Gasteiger partial charge in [0.05, 0.1) is 66.1 Å². The van der Waals surface area contributed by atoms with Gasteiger partial charge in [-0.05, 0) is 133 Å². The highest BCUT2D eigenvalue weighted by Gasteiger charge is 2.84. The zero-order valence-corrected chi connectivity index (χ0v) is 77.6. The van der Waals surface area contributed by atoms with Crippen LogP contribution in [-0.2, 0) is 157 Å². The monoisotopic (exact) mass is 1790 g/mol. The van der Waals surface area contributed by atoms with Crippen LogP contribution in [0.3, 0.4) is 0 Å². The Kier molecular flexibility index (Phi) is 36.5. The van der Waals surface area contributed by atoms with Crippen molar-refractivity contribution in [2.75, 3.05) is 66.1 Å². The van der Waals surface area contributed by atoms with E-state index in [1.165, 1.54) is 69.2 Å². The molecule has 5 fully saturated rings. The van der Waals surface area contributed by atoms with Crippen LogP contribution < -0.4 is 0 Å². The molecule has 5 rings (SSSR count). The Labute approximate surface area is 682 Å². The van der Waals surface area contributed by atoms with Gasteiger partial charge >= 0.3 is 148 Å². The third-order valence-electron chi connectivity index (χ3n) is 16.8. The van der Waals surface area contributed by atoms with E-state index < -0.39 is 274 Å². The van der Waals surface area contributed by atoms with E-state index in [0.717, 1.165) is 0 Å². The zero-order chi connectivity index (χ0) is 85.4. The first kappa shape index (κ1) is 97.5. The van der Waals surface area contributed by atoms with E-state index in [1.54, 1.807) is 0 Å². The van der Waals surface area contributed by atoms with Crippen molar-refractivity contribution in [1.82, 2.24) is 0 Å². The van der Waals surface area contributed by atoms with Gasteiger partial charge in [-0.3, -0.25) is 0 Å². The lowest BCUT2D eigenvalue weighted by Crippen LogP contribution is -2.88. The lowest BCUT2D eigenvalue weighted by Gasteiger charge is -2.63. The summed E-state index contributed by atoms with van der Waals surface area (Å²) in [5, 5.41) is 0. The summed E-state index contributed by atoms with van der Waals surface area (Å²) in [7, 11) is -54.6. The molecule has 0 atom stereocenters. The molecule has 0 aromatic carbocycles. The van der Waals surface area contributed by atoms with E-state index in [4.69, 9.17) is 109 Å². The van der Waals surface area contributed by atoms with Crippen molar-refractivity contribution in [3.63, 3.8) is 0 Å². The minimum absolute atomic E-state index is 0.0343. The molecular weight excluding hydrogens is 1680 g/mol. The van der Waals surface area contributed by atoms with Crippen molar-refractivity contribution < 1.29 is 157 Å². The van der Waals surface area contributed by atoms with Crippen LogP contribution in [-0.4, -0.2) is 214 Å². The molecule has 0 spiro atoms. The molecule has 0 aromatic rings. The van der Waals surface area contributed by atoms with E-state index in [2.05, 4.69) is 65.8 Å². The second-order valence-electron chi connectivity index (χ2n) is 28.6. The molecule has 5 heterocycles. The van der Waals surface area contributed by atoms with Gasteiger partial charge < -0.3 is 109 Å². The normalized spacial score (nSPS) is 27.4. The highest BCUT2D eigenvalue weighted by Crippen LogP contribution is 2.56. The SMILES string of the molecule is C=C(C)C(=O)OCCC[Si]12O[Si]3(CCCOC(=O)C(=C)C)O[Si]4(CCCOC(=O)C(=C)C)O[Si](CCCOC(=O)C(=C)C)(O1)O[Si]1(CCCOC(=O)C(=C)C)O[Si](CCCOC(=O)C(=C)C)(O4)O[Si]4(CCCOC(=O)C(=C)C)O[Si](CCCOC(=O)C(=C)C)(O[Si](CCCOC(=O)C(=C)C)(O[Si](CCCOC(=O)C(=C)C)(O3)O4)O2)O1.